The van der Waals surface area contributed by atoms with Crippen molar-refractivity contribution in [3.63, 3.8) is 0 Å². The molecule has 0 aliphatic rings. The first kappa shape index (κ1) is 13.2. The number of ether oxygens (including phenoxy) is 1. The average Bonchev–Trinajstić information content (AvgIpc) is 2.46. The number of benzene rings is 2. The van der Waals surface area contributed by atoms with Crippen LogP contribution in [0.15, 0.2) is 48.5 Å². The van der Waals surface area contributed by atoms with E-state index in [0.29, 0.717) is 23.0 Å². The van der Waals surface area contributed by atoms with Crippen molar-refractivity contribution in [1.29, 1.82) is 0 Å². The summed E-state index contributed by atoms with van der Waals surface area (Å²) in [6, 6.07) is 15.4. The van der Waals surface area contributed by atoms with Crippen LogP contribution in [0.5, 0.6) is 5.75 Å². The van der Waals surface area contributed by atoms with Crippen LogP contribution >= 0.6 is 23.2 Å². The lowest BCUT2D eigenvalue weighted by Gasteiger charge is -2.07. The van der Waals surface area contributed by atoms with E-state index in [1.54, 1.807) is 0 Å². The highest BCUT2D eigenvalue weighted by Gasteiger charge is 2.06. The average molecular weight is 305 g/mol. The zero-order valence-electron chi connectivity index (χ0n) is 10.4. The fourth-order valence-corrected chi connectivity index (χ4v) is 2.32. The monoisotopic (exact) mass is 304 g/mol. The van der Waals surface area contributed by atoms with Gasteiger partial charge in [0.1, 0.15) is 17.5 Å². The summed E-state index contributed by atoms with van der Waals surface area (Å²) < 4.78 is 5.74. The number of aromatic nitrogens is 2. The predicted octanol–water partition coefficient (Wildman–Crippen LogP) is 4.52. The summed E-state index contributed by atoms with van der Waals surface area (Å²) >= 11 is 11.8. The minimum Gasteiger partial charge on any atom is -0.489 e. The molecule has 3 aromatic rings. The Morgan fingerprint density at radius 3 is 2.55 bits per heavy atom. The van der Waals surface area contributed by atoms with Crippen molar-refractivity contribution in [3.8, 4) is 5.75 Å². The van der Waals surface area contributed by atoms with Gasteiger partial charge in [-0.1, -0.05) is 41.9 Å². The van der Waals surface area contributed by atoms with Crippen LogP contribution in [0.3, 0.4) is 0 Å². The van der Waals surface area contributed by atoms with Crippen molar-refractivity contribution < 1.29 is 4.74 Å². The molecule has 2 aromatic carbocycles. The fourth-order valence-electron chi connectivity index (χ4n) is 1.87. The first-order valence-corrected chi connectivity index (χ1v) is 6.77. The summed E-state index contributed by atoms with van der Waals surface area (Å²) in [6.45, 7) is 0.498. The molecule has 0 saturated heterocycles. The lowest BCUT2D eigenvalue weighted by Crippen LogP contribution is -1.95. The molecule has 0 radical (unpaired) electrons. The summed E-state index contributed by atoms with van der Waals surface area (Å²) in [6.07, 6.45) is 0. The summed E-state index contributed by atoms with van der Waals surface area (Å²) in [4.78, 5) is 8.04. The van der Waals surface area contributed by atoms with Crippen molar-refractivity contribution in [2.24, 2.45) is 0 Å². The SMILES string of the molecule is Clc1nc(Cl)c2cc(OCc3ccccc3)ccc2n1. The van der Waals surface area contributed by atoms with Gasteiger partial charge in [0, 0.05) is 5.39 Å². The van der Waals surface area contributed by atoms with E-state index in [1.807, 2.05) is 48.5 Å². The molecule has 1 aromatic heterocycles. The van der Waals surface area contributed by atoms with Crippen molar-refractivity contribution in [3.05, 3.63) is 64.5 Å². The highest BCUT2D eigenvalue weighted by molar-refractivity contribution is 6.35. The van der Waals surface area contributed by atoms with Crippen molar-refractivity contribution in [2.75, 3.05) is 0 Å². The number of fused-ring (bicyclic) bond motifs is 1. The van der Waals surface area contributed by atoms with E-state index in [9.17, 15) is 0 Å². The largest absolute Gasteiger partial charge is 0.489 e. The quantitative estimate of drug-likeness (QED) is 0.527. The van der Waals surface area contributed by atoms with Gasteiger partial charge < -0.3 is 4.74 Å². The highest BCUT2D eigenvalue weighted by atomic mass is 35.5. The lowest BCUT2D eigenvalue weighted by atomic mass is 10.2. The zero-order valence-corrected chi connectivity index (χ0v) is 11.9. The molecule has 0 aliphatic heterocycles. The van der Waals surface area contributed by atoms with Crippen LogP contribution in [0.25, 0.3) is 10.9 Å². The Labute approximate surface area is 126 Å². The second-order valence-corrected chi connectivity index (χ2v) is 4.93. The summed E-state index contributed by atoms with van der Waals surface area (Å²) in [5.41, 5.74) is 1.80. The maximum atomic E-state index is 6.06. The Hall–Kier alpha value is -1.84. The second kappa shape index (κ2) is 5.65. The molecule has 3 rings (SSSR count). The number of halogens is 2. The molecule has 0 fully saturated rings. The van der Waals surface area contributed by atoms with E-state index in [-0.39, 0.29) is 5.28 Å². The smallest absolute Gasteiger partial charge is 0.224 e. The third-order valence-corrected chi connectivity index (χ3v) is 3.30. The number of hydrogen-bond donors (Lipinski definition) is 0. The Balaban J connectivity index is 1.86. The van der Waals surface area contributed by atoms with Crippen molar-refractivity contribution >= 4 is 34.1 Å². The van der Waals surface area contributed by atoms with Crippen LogP contribution in [-0.4, -0.2) is 9.97 Å². The van der Waals surface area contributed by atoms with E-state index in [4.69, 9.17) is 27.9 Å². The third kappa shape index (κ3) is 2.84. The second-order valence-electron chi connectivity index (χ2n) is 4.24. The van der Waals surface area contributed by atoms with Gasteiger partial charge in [0.25, 0.3) is 0 Å². The molecule has 0 saturated carbocycles. The maximum Gasteiger partial charge on any atom is 0.224 e. The van der Waals surface area contributed by atoms with E-state index in [0.717, 1.165) is 10.9 Å². The topological polar surface area (TPSA) is 35.0 Å². The van der Waals surface area contributed by atoms with Crippen LogP contribution in [0.2, 0.25) is 10.4 Å². The minimum absolute atomic E-state index is 0.139. The van der Waals surface area contributed by atoms with E-state index < -0.39 is 0 Å². The van der Waals surface area contributed by atoms with Crippen LogP contribution < -0.4 is 4.74 Å². The third-order valence-electron chi connectivity index (χ3n) is 2.84. The molecule has 0 N–H and O–H groups in total. The molecule has 0 aliphatic carbocycles. The van der Waals surface area contributed by atoms with E-state index >= 15 is 0 Å². The minimum atomic E-state index is 0.139. The normalized spacial score (nSPS) is 10.7. The molecule has 1 heterocycles. The highest BCUT2D eigenvalue weighted by Crippen LogP contribution is 2.26. The van der Waals surface area contributed by atoms with Crippen LogP contribution in [0.4, 0.5) is 0 Å². The van der Waals surface area contributed by atoms with Gasteiger partial charge in [0.2, 0.25) is 5.28 Å². The van der Waals surface area contributed by atoms with Crippen LogP contribution in [0.1, 0.15) is 5.56 Å². The van der Waals surface area contributed by atoms with Gasteiger partial charge >= 0.3 is 0 Å². The zero-order chi connectivity index (χ0) is 13.9. The molecule has 5 heteroatoms. The molecule has 0 unspecified atom stereocenters. The standard InChI is InChI=1S/C15H10Cl2N2O/c16-14-12-8-11(6-7-13(12)18-15(17)19-14)20-9-10-4-2-1-3-5-10/h1-8H,9H2. The fraction of sp³-hybridized carbons (Fsp3) is 0.0667. The molecule has 0 amide bonds. The summed E-state index contributed by atoms with van der Waals surface area (Å²) in [7, 11) is 0. The summed E-state index contributed by atoms with van der Waals surface area (Å²) in [5.74, 6) is 0.717. The Kier molecular flexibility index (Phi) is 3.72. The molecule has 20 heavy (non-hydrogen) atoms. The lowest BCUT2D eigenvalue weighted by molar-refractivity contribution is 0.306. The molecule has 100 valence electrons. The van der Waals surface area contributed by atoms with Gasteiger partial charge in [-0.05, 0) is 35.4 Å². The Bertz CT molecular complexity index is 747. The van der Waals surface area contributed by atoms with Crippen LogP contribution in [-0.2, 0) is 6.61 Å². The number of hydrogen-bond acceptors (Lipinski definition) is 3. The first-order chi connectivity index (χ1) is 9.72. The van der Waals surface area contributed by atoms with Crippen molar-refractivity contribution in [2.45, 2.75) is 6.61 Å². The molecular weight excluding hydrogens is 295 g/mol. The molecular formula is C15H10Cl2N2O. The van der Waals surface area contributed by atoms with Gasteiger partial charge in [-0.15, -0.1) is 0 Å². The molecule has 0 spiro atoms. The van der Waals surface area contributed by atoms with Gasteiger partial charge in [-0.25, -0.2) is 9.97 Å². The predicted molar refractivity (Wildman–Crippen MR) is 80.3 cm³/mol. The van der Waals surface area contributed by atoms with Gasteiger partial charge in [0.15, 0.2) is 0 Å². The Morgan fingerprint density at radius 2 is 1.75 bits per heavy atom. The first-order valence-electron chi connectivity index (χ1n) is 6.02. The maximum absolute atomic E-state index is 6.06. The summed E-state index contributed by atoms with van der Waals surface area (Å²) in [5, 5.41) is 1.19. The van der Waals surface area contributed by atoms with Gasteiger partial charge in [-0.3, -0.25) is 0 Å². The van der Waals surface area contributed by atoms with E-state index in [2.05, 4.69) is 9.97 Å². The molecule has 0 bridgehead atoms. The molecule has 0 atom stereocenters. The van der Waals surface area contributed by atoms with E-state index in [1.165, 1.54) is 0 Å². The van der Waals surface area contributed by atoms with Gasteiger partial charge in [0.05, 0.1) is 5.52 Å². The number of rotatable bonds is 3. The van der Waals surface area contributed by atoms with Gasteiger partial charge in [-0.2, -0.15) is 0 Å². The van der Waals surface area contributed by atoms with Crippen molar-refractivity contribution in [1.82, 2.24) is 9.97 Å². The number of nitrogens with zero attached hydrogens (tertiary/aromatic N) is 2. The van der Waals surface area contributed by atoms with Crippen LogP contribution in [0, 0.1) is 0 Å². The Morgan fingerprint density at radius 1 is 0.950 bits per heavy atom. The molecule has 3 nitrogen and oxygen atoms in total.